The molecule has 0 fully saturated rings. The SMILES string of the molecule is CCON1c2ccc(-c3ccc(OCCN(C)C)cc3)c(OCC(=O)N(C)C)c2CC[C@@H]1C. The zero-order chi connectivity index (χ0) is 24.0. The van der Waals surface area contributed by atoms with E-state index in [2.05, 4.69) is 24.0 Å². The highest BCUT2D eigenvalue weighted by molar-refractivity contribution is 5.80. The van der Waals surface area contributed by atoms with Gasteiger partial charge in [0.1, 0.15) is 18.1 Å². The number of ether oxygens (including phenoxy) is 2. The number of rotatable bonds is 10. The lowest BCUT2D eigenvalue weighted by atomic mass is 9.93. The number of hydroxylamine groups is 1. The minimum absolute atomic E-state index is 0.00757. The van der Waals surface area contributed by atoms with Crippen molar-refractivity contribution in [3.8, 4) is 22.6 Å². The van der Waals surface area contributed by atoms with E-state index < -0.39 is 0 Å². The third-order valence-electron chi connectivity index (χ3n) is 5.77. The average molecular weight is 456 g/mol. The van der Waals surface area contributed by atoms with Crippen molar-refractivity contribution >= 4 is 11.6 Å². The second-order valence-corrected chi connectivity index (χ2v) is 8.82. The Morgan fingerprint density at radius 1 is 1.06 bits per heavy atom. The molecule has 33 heavy (non-hydrogen) atoms. The summed E-state index contributed by atoms with van der Waals surface area (Å²) in [6.07, 6.45) is 1.82. The monoisotopic (exact) mass is 455 g/mol. The molecule has 1 heterocycles. The molecule has 3 rings (SSSR count). The van der Waals surface area contributed by atoms with Crippen molar-refractivity contribution in [1.82, 2.24) is 9.80 Å². The van der Waals surface area contributed by atoms with Gasteiger partial charge in [0.15, 0.2) is 6.61 Å². The first-order valence-electron chi connectivity index (χ1n) is 11.6. The van der Waals surface area contributed by atoms with Crippen LogP contribution in [0.5, 0.6) is 11.5 Å². The normalized spacial score (nSPS) is 15.4. The third kappa shape index (κ3) is 6.18. The van der Waals surface area contributed by atoms with Crippen LogP contribution in [-0.2, 0) is 16.1 Å². The van der Waals surface area contributed by atoms with Gasteiger partial charge in [-0.05, 0) is 70.6 Å². The molecule has 0 unspecified atom stereocenters. The van der Waals surface area contributed by atoms with Gasteiger partial charge in [-0.2, -0.15) is 0 Å². The van der Waals surface area contributed by atoms with E-state index in [4.69, 9.17) is 14.3 Å². The number of hydrogen-bond donors (Lipinski definition) is 0. The number of carbonyl (C=O) groups excluding carboxylic acids is 1. The summed E-state index contributed by atoms with van der Waals surface area (Å²) >= 11 is 0. The first kappa shape index (κ1) is 24.9. The Bertz CT molecular complexity index is 928. The van der Waals surface area contributed by atoms with Gasteiger partial charge >= 0.3 is 0 Å². The van der Waals surface area contributed by atoms with Crippen molar-refractivity contribution in [2.45, 2.75) is 32.7 Å². The maximum atomic E-state index is 12.3. The summed E-state index contributed by atoms with van der Waals surface area (Å²) in [6.45, 7) is 6.24. The molecule has 7 nitrogen and oxygen atoms in total. The summed E-state index contributed by atoms with van der Waals surface area (Å²) in [5, 5.41) is 1.98. The Hall–Kier alpha value is -2.77. The molecular formula is C26H37N3O4. The van der Waals surface area contributed by atoms with Gasteiger partial charge in [0.05, 0.1) is 18.3 Å². The first-order chi connectivity index (χ1) is 15.8. The van der Waals surface area contributed by atoms with Crippen LogP contribution in [0.2, 0.25) is 0 Å². The first-order valence-corrected chi connectivity index (χ1v) is 11.6. The van der Waals surface area contributed by atoms with Gasteiger partial charge in [-0.3, -0.25) is 14.7 Å². The summed E-state index contributed by atoms with van der Waals surface area (Å²) in [7, 11) is 7.53. The van der Waals surface area contributed by atoms with E-state index >= 15 is 0 Å². The van der Waals surface area contributed by atoms with Crippen LogP contribution in [0.1, 0.15) is 25.8 Å². The van der Waals surface area contributed by atoms with Crippen LogP contribution in [0.15, 0.2) is 36.4 Å². The van der Waals surface area contributed by atoms with E-state index in [1.807, 2.05) is 50.3 Å². The highest BCUT2D eigenvalue weighted by atomic mass is 16.7. The van der Waals surface area contributed by atoms with E-state index in [-0.39, 0.29) is 18.6 Å². The number of anilines is 1. The number of carbonyl (C=O) groups is 1. The molecule has 0 saturated carbocycles. The molecule has 0 radical (unpaired) electrons. The Balaban J connectivity index is 1.94. The van der Waals surface area contributed by atoms with Crippen LogP contribution in [0, 0.1) is 0 Å². The molecule has 180 valence electrons. The van der Waals surface area contributed by atoms with E-state index in [0.717, 1.165) is 53.3 Å². The second kappa shape index (κ2) is 11.4. The molecule has 0 spiro atoms. The summed E-state index contributed by atoms with van der Waals surface area (Å²) in [6, 6.07) is 12.5. The molecule has 1 amide bonds. The number of fused-ring (bicyclic) bond motifs is 1. The number of nitrogens with zero attached hydrogens (tertiary/aromatic N) is 3. The molecule has 1 aliphatic heterocycles. The van der Waals surface area contributed by atoms with Crippen molar-refractivity contribution in [2.24, 2.45) is 0 Å². The lowest BCUT2D eigenvalue weighted by Crippen LogP contribution is -2.37. The van der Waals surface area contributed by atoms with Crippen LogP contribution in [0.25, 0.3) is 11.1 Å². The predicted octanol–water partition coefficient (Wildman–Crippen LogP) is 3.85. The van der Waals surface area contributed by atoms with Gasteiger partial charge in [0.25, 0.3) is 5.91 Å². The number of likely N-dealkylation sites (N-methyl/N-ethyl adjacent to an activating group) is 2. The van der Waals surface area contributed by atoms with E-state index in [1.54, 1.807) is 19.0 Å². The smallest absolute Gasteiger partial charge is 0.259 e. The van der Waals surface area contributed by atoms with Crippen LogP contribution in [0.3, 0.4) is 0 Å². The minimum atomic E-state index is -0.0750. The summed E-state index contributed by atoms with van der Waals surface area (Å²) in [5.41, 5.74) is 4.07. The number of benzene rings is 2. The number of amides is 1. The van der Waals surface area contributed by atoms with Gasteiger partial charge in [0.2, 0.25) is 0 Å². The van der Waals surface area contributed by atoms with Crippen LogP contribution >= 0.6 is 0 Å². The van der Waals surface area contributed by atoms with E-state index in [9.17, 15) is 4.79 Å². The maximum Gasteiger partial charge on any atom is 0.259 e. The summed E-state index contributed by atoms with van der Waals surface area (Å²) < 4.78 is 12.0. The highest BCUT2D eigenvalue weighted by Gasteiger charge is 2.28. The molecule has 0 saturated heterocycles. The van der Waals surface area contributed by atoms with Crippen LogP contribution in [0.4, 0.5) is 5.69 Å². The largest absolute Gasteiger partial charge is 0.492 e. The van der Waals surface area contributed by atoms with Crippen molar-refractivity contribution in [1.29, 1.82) is 0 Å². The fourth-order valence-corrected chi connectivity index (χ4v) is 3.84. The Morgan fingerprint density at radius 2 is 1.79 bits per heavy atom. The van der Waals surface area contributed by atoms with Crippen molar-refractivity contribution in [3.63, 3.8) is 0 Å². The average Bonchev–Trinajstić information content (AvgIpc) is 2.79. The Labute approximate surface area is 197 Å². The van der Waals surface area contributed by atoms with Crippen molar-refractivity contribution in [3.05, 3.63) is 42.0 Å². The molecule has 0 aromatic heterocycles. The highest BCUT2D eigenvalue weighted by Crippen LogP contribution is 2.43. The third-order valence-corrected chi connectivity index (χ3v) is 5.77. The molecular weight excluding hydrogens is 418 g/mol. The van der Waals surface area contributed by atoms with E-state index in [1.165, 1.54) is 0 Å². The summed E-state index contributed by atoms with van der Waals surface area (Å²) in [5.74, 6) is 1.51. The van der Waals surface area contributed by atoms with Crippen LogP contribution in [-0.4, -0.2) is 76.3 Å². The van der Waals surface area contributed by atoms with E-state index in [0.29, 0.717) is 13.2 Å². The number of hydrogen-bond acceptors (Lipinski definition) is 6. The van der Waals surface area contributed by atoms with Gasteiger partial charge < -0.3 is 19.3 Å². The quantitative estimate of drug-likeness (QED) is 0.542. The standard InChI is InChI=1S/C26H37N3O4/c1-7-33-29-19(2)8-13-23-24(29)15-14-22(26(23)32-18-25(30)28(5)6)20-9-11-21(12-10-20)31-17-16-27(3)4/h9-12,14-15,19H,7-8,13,16-18H2,1-6H3/t19-/m0/s1. The molecule has 0 N–H and O–H groups in total. The minimum Gasteiger partial charge on any atom is -0.492 e. The predicted molar refractivity (Wildman–Crippen MR) is 132 cm³/mol. The van der Waals surface area contributed by atoms with Gasteiger partial charge in [-0.1, -0.05) is 12.1 Å². The molecule has 1 aliphatic rings. The fourth-order valence-electron chi connectivity index (χ4n) is 3.84. The molecule has 2 aromatic rings. The van der Waals surface area contributed by atoms with Crippen molar-refractivity contribution in [2.75, 3.05) is 59.6 Å². The Kier molecular flexibility index (Phi) is 8.58. The topological polar surface area (TPSA) is 54.5 Å². The molecule has 7 heteroatoms. The fraction of sp³-hybridized carbons (Fsp3) is 0.500. The lowest BCUT2D eigenvalue weighted by molar-refractivity contribution is -0.130. The maximum absolute atomic E-state index is 12.3. The van der Waals surface area contributed by atoms with Gasteiger partial charge in [0, 0.05) is 31.8 Å². The summed E-state index contributed by atoms with van der Waals surface area (Å²) in [4.78, 5) is 21.9. The molecule has 0 bridgehead atoms. The second-order valence-electron chi connectivity index (χ2n) is 8.82. The van der Waals surface area contributed by atoms with Crippen LogP contribution < -0.4 is 14.5 Å². The molecule has 0 aliphatic carbocycles. The van der Waals surface area contributed by atoms with Gasteiger partial charge in [-0.25, -0.2) is 0 Å². The zero-order valence-electron chi connectivity index (χ0n) is 20.8. The zero-order valence-corrected chi connectivity index (χ0v) is 20.8. The molecule has 1 atom stereocenters. The Morgan fingerprint density at radius 3 is 2.42 bits per heavy atom. The van der Waals surface area contributed by atoms with Gasteiger partial charge in [-0.15, -0.1) is 0 Å². The lowest BCUT2D eigenvalue weighted by Gasteiger charge is -2.36. The molecule has 2 aromatic carbocycles. The van der Waals surface area contributed by atoms with Crippen molar-refractivity contribution < 1.29 is 19.1 Å².